The molecule has 3 aliphatic rings. The monoisotopic (exact) mass is 205 g/mol. The highest BCUT2D eigenvalue weighted by Gasteiger charge is 2.46. The van der Waals surface area contributed by atoms with Gasteiger partial charge in [-0.2, -0.15) is 0 Å². The first kappa shape index (κ1) is 10.8. The van der Waals surface area contributed by atoms with Gasteiger partial charge >= 0.3 is 5.97 Å². The SMILES string of the molecule is COC(=O)C12CCC(CC1)CN2.Cl. The maximum atomic E-state index is 11.5. The Labute approximate surface area is 84.6 Å². The zero-order valence-corrected chi connectivity index (χ0v) is 8.65. The van der Waals surface area contributed by atoms with Gasteiger partial charge in [-0.3, -0.25) is 4.79 Å². The molecule has 0 amide bonds. The molecule has 0 aromatic heterocycles. The number of halogens is 1. The van der Waals surface area contributed by atoms with Gasteiger partial charge in [-0.1, -0.05) is 0 Å². The lowest BCUT2D eigenvalue weighted by Crippen LogP contribution is -2.60. The zero-order chi connectivity index (χ0) is 8.60. The first-order valence-corrected chi connectivity index (χ1v) is 4.60. The third-order valence-corrected chi connectivity index (χ3v) is 3.26. The number of hydrogen-bond acceptors (Lipinski definition) is 3. The summed E-state index contributed by atoms with van der Waals surface area (Å²) in [4.78, 5) is 11.5. The minimum Gasteiger partial charge on any atom is -0.468 e. The Morgan fingerprint density at radius 1 is 1.46 bits per heavy atom. The van der Waals surface area contributed by atoms with Crippen molar-refractivity contribution in [3.8, 4) is 0 Å². The summed E-state index contributed by atoms with van der Waals surface area (Å²) < 4.78 is 4.81. The van der Waals surface area contributed by atoms with Crippen LogP contribution in [0.25, 0.3) is 0 Å². The van der Waals surface area contributed by atoms with E-state index in [2.05, 4.69) is 5.32 Å². The van der Waals surface area contributed by atoms with Gasteiger partial charge < -0.3 is 10.1 Å². The molecule has 0 unspecified atom stereocenters. The number of rotatable bonds is 1. The Morgan fingerprint density at radius 3 is 2.46 bits per heavy atom. The molecule has 2 saturated heterocycles. The highest BCUT2D eigenvalue weighted by molar-refractivity contribution is 5.85. The fraction of sp³-hybridized carbons (Fsp3) is 0.889. The Hall–Kier alpha value is -0.280. The van der Waals surface area contributed by atoms with Crippen molar-refractivity contribution in [2.45, 2.75) is 31.2 Å². The molecule has 0 spiro atoms. The van der Waals surface area contributed by atoms with Crippen molar-refractivity contribution in [3.63, 3.8) is 0 Å². The summed E-state index contributed by atoms with van der Waals surface area (Å²) in [5.74, 6) is 0.734. The fourth-order valence-corrected chi connectivity index (χ4v) is 2.36. The maximum Gasteiger partial charge on any atom is 0.326 e. The standard InChI is InChI=1S/C9H15NO2.ClH/c1-12-8(11)9-4-2-7(3-5-9)6-10-9;/h7,10H,2-6H2,1H3;1H. The largest absolute Gasteiger partial charge is 0.468 e. The third kappa shape index (κ3) is 1.67. The molecule has 4 heteroatoms. The summed E-state index contributed by atoms with van der Waals surface area (Å²) in [5, 5.41) is 3.31. The first-order chi connectivity index (χ1) is 5.77. The molecule has 0 aromatic rings. The number of carbonyl (C=O) groups excluding carboxylic acids is 1. The molecule has 2 bridgehead atoms. The molecule has 3 fully saturated rings. The van der Waals surface area contributed by atoms with Gasteiger partial charge in [0.05, 0.1) is 7.11 Å². The van der Waals surface area contributed by atoms with Crippen LogP contribution >= 0.6 is 12.4 Å². The van der Waals surface area contributed by atoms with Crippen LogP contribution in [0, 0.1) is 5.92 Å². The van der Waals surface area contributed by atoms with Gasteiger partial charge in [0.15, 0.2) is 0 Å². The van der Waals surface area contributed by atoms with Gasteiger partial charge in [0, 0.05) is 0 Å². The summed E-state index contributed by atoms with van der Waals surface area (Å²) in [5.41, 5.74) is -0.316. The second kappa shape index (κ2) is 3.84. The summed E-state index contributed by atoms with van der Waals surface area (Å²) in [6.07, 6.45) is 4.29. The van der Waals surface area contributed by atoms with Crippen molar-refractivity contribution in [2.24, 2.45) is 5.92 Å². The van der Waals surface area contributed by atoms with E-state index in [1.54, 1.807) is 0 Å². The highest BCUT2D eigenvalue weighted by Crippen LogP contribution is 2.37. The quantitative estimate of drug-likeness (QED) is 0.652. The zero-order valence-electron chi connectivity index (χ0n) is 7.84. The van der Waals surface area contributed by atoms with Gasteiger partial charge in [0.1, 0.15) is 5.54 Å². The van der Waals surface area contributed by atoms with Crippen LogP contribution in [0.15, 0.2) is 0 Å². The molecule has 2 aliphatic heterocycles. The number of methoxy groups -OCH3 is 1. The van der Waals surface area contributed by atoms with Crippen molar-refractivity contribution in [3.05, 3.63) is 0 Å². The summed E-state index contributed by atoms with van der Waals surface area (Å²) in [6.45, 7) is 0.995. The number of ether oxygens (including phenoxy) is 1. The van der Waals surface area contributed by atoms with E-state index in [4.69, 9.17) is 4.74 Å². The Morgan fingerprint density at radius 2 is 2.08 bits per heavy atom. The van der Waals surface area contributed by atoms with Crippen LogP contribution in [-0.4, -0.2) is 25.2 Å². The fourth-order valence-electron chi connectivity index (χ4n) is 2.36. The lowest BCUT2D eigenvalue weighted by molar-refractivity contribution is -0.152. The smallest absolute Gasteiger partial charge is 0.326 e. The molecule has 3 rings (SSSR count). The van der Waals surface area contributed by atoms with Crippen LogP contribution < -0.4 is 5.32 Å². The van der Waals surface area contributed by atoms with Crippen molar-refractivity contribution in [1.82, 2.24) is 5.32 Å². The lowest BCUT2D eigenvalue weighted by atomic mass is 9.72. The topological polar surface area (TPSA) is 38.3 Å². The highest BCUT2D eigenvalue weighted by atomic mass is 35.5. The third-order valence-electron chi connectivity index (χ3n) is 3.26. The van der Waals surface area contributed by atoms with Gasteiger partial charge in [-0.05, 0) is 38.1 Å². The summed E-state index contributed by atoms with van der Waals surface area (Å²) in [7, 11) is 1.47. The van der Waals surface area contributed by atoms with Crippen LogP contribution in [0.5, 0.6) is 0 Å². The van der Waals surface area contributed by atoms with Crippen molar-refractivity contribution in [2.75, 3.05) is 13.7 Å². The van der Waals surface area contributed by atoms with Gasteiger partial charge in [-0.25, -0.2) is 0 Å². The van der Waals surface area contributed by atoms with Crippen molar-refractivity contribution < 1.29 is 9.53 Å². The molecule has 0 radical (unpaired) electrons. The normalized spacial score (nSPS) is 36.5. The molecule has 13 heavy (non-hydrogen) atoms. The minimum absolute atomic E-state index is 0. The average Bonchev–Trinajstić information content (AvgIpc) is 2.19. The lowest BCUT2D eigenvalue weighted by Gasteiger charge is -2.45. The average molecular weight is 206 g/mol. The molecule has 1 N–H and O–H groups in total. The number of nitrogens with one attached hydrogen (secondary N) is 1. The predicted molar refractivity (Wildman–Crippen MR) is 52.0 cm³/mol. The van der Waals surface area contributed by atoms with E-state index >= 15 is 0 Å². The Balaban J connectivity index is 0.000000845. The van der Waals surface area contributed by atoms with E-state index in [1.165, 1.54) is 20.0 Å². The molecule has 3 nitrogen and oxygen atoms in total. The molecule has 0 aromatic carbocycles. The summed E-state index contributed by atoms with van der Waals surface area (Å²) in [6, 6.07) is 0. The molecule has 1 aliphatic carbocycles. The van der Waals surface area contributed by atoms with Crippen LogP contribution in [0.3, 0.4) is 0 Å². The van der Waals surface area contributed by atoms with Crippen LogP contribution in [0.4, 0.5) is 0 Å². The van der Waals surface area contributed by atoms with E-state index < -0.39 is 0 Å². The van der Waals surface area contributed by atoms with Crippen molar-refractivity contribution in [1.29, 1.82) is 0 Å². The molecule has 76 valence electrons. The summed E-state index contributed by atoms with van der Waals surface area (Å²) >= 11 is 0. The molecular formula is C9H16ClNO2. The van der Waals surface area contributed by atoms with Gasteiger partial charge in [-0.15, -0.1) is 12.4 Å². The predicted octanol–water partition coefficient (Wildman–Crippen LogP) is 1.11. The van der Waals surface area contributed by atoms with Crippen LogP contribution in [-0.2, 0) is 9.53 Å². The number of fused-ring (bicyclic) bond motifs is 3. The molecule has 2 heterocycles. The number of carbonyl (C=O) groups is 1. The van der Waals surface area contributed by atoms with E-state index in [1.807, 2.05) is 0 Å². The van der Waals surface area contributed by atoms with Crippen LogP contribution in [0.2, 0.25) is 0 Å². The van der Waals surface area contributed by atoms with Gasteiger partial charge in [0.25, 0.3) is 0 Å². The second-order valence-electron chi connectivity index (χ2n) is 3.90. The van der Waals surface area contributed by atoms with E-state index in [-0.39, 0.29) is 23.9 Å². The number of piperidine rings is 2. The van der Waals surface area contributed by atoms with E-state index in [0.29, 0.717) is 0 Å². The Bertz CT molecular complexity index is 186. The maximum absolute atomic E-state index is 11.5. The molecule has 0 atom stereocenters. The first-order valence-electron chi connectivity index (χ1n) is 4.60. The van der Waals surface area contributed by atoms with Gasteiger partial charge in [0.2, 0.25) is 0 Å². The minimum atomic E-state index is -0.316. The van der Waals surface area contributed by atoms with Crippen molar-refractivity contribution >= 4 is 18.4 Å². The van der Waals surface area contributed by atoms with E-state index in [9.17, 15) is 4.79 Å². The van der Waals surface area contributed by atoms with Crippen LogP contribution in [0.1, 0.15) is 25.7 Å². The second-order valence-corrected chi connectivity index (χ2v) is 3.90. The molecule has 1 saturated carbocycles. The molecular weight excluding hydrogens is 190 g/mol. The number of hydrogen-bond donors (Lipinski definition) is 1. The van der Waals surface area contributed by atoms with E-state index in [0.717, 1.165) is 25.3 Å². The Kier molecular flexibility index (Phi) is 3.19. The number of esters is 1.